The number of anilines is 1. The van der Waals surface area contributed by atoms with Crippen molar-refractivity contribution in [2.45, 2.75) is 6.04 Å². The van der Waals surface area contributed by atoms with Crippen LogP contribution in [0.2, 0.25) is 0 Å². The maximum atomic E-state index is 11.8. The number of hydrogen-bond acceptors (Lipinski definition) is 7. The molecule has 8 nitrogen and oxygen atoms in total. The first-order valence-corrected chi connectivity index (χ1v) is 7.98. The third-order valence-corrected chi connectivity index (χ3v) is 4.53. The second kappa shape index (κ2) is 7.12. The van der Waals surface area contributed by atoms with Gasteiger partial charge in [-0.15, -0.1) is 0 Å². The first-order chi connectivity index (χ1) is 12.0. The van der Waals surface area contributed by atoms with E-state index >= 15 is 0 Å². The standard InChI is InChI=1S/C17H21N3O5/c1-19-7-8-20(9-12(19)10-21)16-14(17(22)23)15(25-18-16)11-3-5-13(24-2)6-4-11/h3-6,12,21H,7-10H2,1-2H3,(H,22,23). The number of aliphatic hydroxyl groups excluding tert-OH is 1. The van der Waals surface area contributed by atoms with Crippen molar-refractivity contribution in [1.29, 1.82) is 0 Å². The molecule has 1 atom stereocenters. The van der Waals surface area contributed by atoms with Gasteiger partial charge in [-0.25, -0.2) is 4.79 Å². The van der Waals surface area contributed by atoms with E-state index in [4.69, 9.17) is 9.26 Å². The van der Waals surface area contributed by atoms with Gasteiger partial charge in [0, 0.05) is 25.2 Å². The number of nitrogens with zero attached hydrogens (tertiary/aromatic N) is 3. The number of piperazine rings is 1. The zero-order valence-corrected chi connectivity index (χ0v) is 14.2. The van der Waals surface area contributed by atoms with Crippen LogP contribution in [-0.2, 0) is 0 Å². The third kappa shape index (κ3) is 3.31. The second-order valence-electron chi connectivity index (χ2n) is 6.01. The average molecular weight is 347 g/mol. The summed E-state index contributed by atoms with van der Waals surface area (Å²) in [6, 6.07) is 6.87. The van der Waals surface area contributed by atoms with E-state index in [0.717, 1.165) is 0 Å². The summed E-state index contributed by atoms with van der Waals surface area (Å²) in [5.74, 6) is 0.0845. The normalized spacial score (nSPS) is 18.4. The summed E-state index contributed by atoms with van der Waals surface area (Å²) in [6.45, 7) is 1.80. The van der Waals surface area contributed by atoms with Crippen molar-refractivity contribution in [2.24, 2.45) is 0 Å². The number of hydrogen-bond donors (Lipinski definition) is 2. The number of carboxylic acids is 1. The fraction of sp³-hybridized carbons (Fsp3) is 0.412. The van der Waals surface area contributed by atoms with Crippen LogP contribution in [0.5, 0.6) is 5.75 Å². The summed E-state index contributed by atoms with van der Waals surface area (Å²) in [5.41, 5.74) is 0.649. The fourth-order valence-electron chi connectivity index (χ4n) is 2.97. The average Bonchev–Trinajstić information content (AvgIpc) is 3.07. The van der Waals surface area contributed by atoms with Crippen molar-refractivity contribution in [1.82, 2.24) is 10.1 Å². The summed E-state index contributed by atoms with van der Waals surface area (Å²) in [5, 5.41) is 23.2. The van der Waals surface area contributed by atoms with Crippen LogP contribution in [0, 0.1) is 0 Å². The van der Waals surface area contributed by atoms with E-state index in [1.54, 1.807) is 31.4 Å². The van der Waals surface area contributed by atoms with Crippen LogP contribution < -0.4 is 9.64 Å². The van der Waals surface area contributed by atoms with Crippen LogP contribution in [0.3, 0.4) is 0 Å². The van der Waals surface area contributed by atoms with Gasteiger partial charge < -0.3 is 24.4 Å². The van der Waals surface area contributed by atoms with Crippen molar-refractivity contribution in [3.05, 3.63) is 29.8 Å². The van der Waals surface area contributed by atoms with Gasteiger partial charge in [-0.3, -0.25) is 4.90 Å². The number of carboxylic acid groups (broad SMARTS) is 1. The summed E-state index contributed by atoms with van der Waals surface area (Å²) < 4.78 is 10.5. The summed E-state index contributed by atoms with van der Waals surface area (Å²) >= 11 is 0. The number of aromatic carboxylic acids is 1. The van der Waals surface area contributed by atoms with E-state index in [1.165, 1.54) is 0 Å². The highest BCUT2D eigenvalue weighted by atomic mass is 16.5. The minimum Gasteiger partial charge on any atom is -0.497 e. The van der Waals surface area contributed by atoms with Crippen molar-refractivity contribution < 1.29 is 24.3 Å². The number of carbonyl (C=O) groups is 1. The quantitative estimate of drug-likeness (QED) is 0.831. The lowest BCUT2D eigenvalue weighted by Gasteiger charge is -2.38. The smallest absolute Gasteiger partial charge is 0.343 e. The van der Waals surface area contributed by atoms with Crippen molar-refractivity contribution in [3.8, 4) is 17.1 Å². The third-order valence-electron chi connectivity index (χ3n) is 4.53. The molecule has 134 valence electrons. The first kappa shape index (κ1) is 17.2. The SMILES string of the molecule is COc1ccc(-c2onc(N3CCN(C)C(CO)C3)c2C(=O)O)cc1. The second-order valence-corrected chi connectivity index (χ2v) is 6.01. The van der Waals surface area contributed by atoms with Gasteiger partial charge in [0.15, 0.2) is 17.1 Å². The Labute approximate surface area is 145 Å². The van der Waals surface area contributed by atoms with Crippen LogP contribution in [-0.4, -0.2) is 72.7 Å². The monoisotopic (exact) mass is 347 g/mol. The predicted molar refractivity (Wildman–Crippen MR) is 91.2 cm³/mol. The predicted octanol–water partition coefficient (Wildman–Crippen LogP) is 1.16. The first-order valence-electron chi connectivity index (χ1n) is 7.98. The van der Waals surface area contributed by atoms with Gasteiger partial charge in [-0.1, -0.05) is 5.16 Å². The van der Waals surface area contributed by atoms with Gasteiger partial charge in [0.2, 0.25) is 0 Å². The highest BCUT2D eigenvalue weighted by Crippen LogP contribution is 2.33. The zero-order valence-electron chi connectivity index (χ0n) is 14.2. The molecule has 3 rings (SSSR count). The summed E-state index contributed by atoms with van der Waals surface area (Å²) in [6.07, 6.45) is 0. The van der Waals surface area contributed by atoms with Gasteiger partial charge in [-0.05, 0) is 31.3 Å². The van der Waals surface area contributed by atoms with E-state index < -0.39 is 5.97 Å². The molecule has 1 aromatic carbocycles. The van der Waals surface area contributed by atoms with Gasteiger partial charge in [0.1, 0.15) is 5.75 Å². The summed E-state index contributed by atoms with van der Waals surface area (Å²) in [4.78, 5) is 15.7. The number of benzene rings is 1. The largest absolute Gasteiger partial charge is 0.497 e. The molecule has 0 bridgehead atoms. The molecule has 8 heteroatoms. The highest BCUT2D eigenvalue weighted by Gasteiger charge is 2.31. The molecule has 1 fully saturated rings. The molecule has 1 aliphatic heterocycles. The van der Waals surface area contributed by atoms with E-state index in [9.17, 15) is 15.0 Å². The fourth-order valence-corrected chi connectivity index (χ4v) is 2.97. The van der Waals surface area contributed by atoms with E-state index in [-0.39, 0.29) is 24.0 Å². The molecule has 1 unspecified atom stereocenters. The van der Waals surface area contributed by atoms with Crippen LogP contribution >= 0.6 is 0 Å². The lowest BCUT2D eigenvalue weighted by atomic mass is 10.1. The Hall–Kier alpha value is -2.58. The molecule has 0 aliphatic carbocycles. The van der Waals surface area contributed by atoms with Gasteiger partial charge in [0.05, 0.1) is 19.8 Å². The van der Waals surface area contributed by atoms with Gasteiger partial charge in [-0.2, -0.15) is 0 Å². The van der Waals surface area contributed by atoms with E-state index in [0.29, 0.717) is 36.8 Å². The molecule has 1 aromatic heterocycles. The molecule has 0 radical (unpaired) electrons. The van der Waals surface area contributed by atoms with Crippen LogP contribution in [0.4, 0.5) is 5.82 Å². The van der Waals surface area contributed by atoms with Crippen LogP contribution in [0.25, 0.3) is 11.3 Å². The van der Waals surface area contributed by atoms with Gasteiger partial charge >= 0.3 is 5.97 Å². The number of likely N-dealkylation sites (N-methyl/N-ethyl adjacent to an activating group) is 1. The molecule has 1 saturated heterocycles. The molecule has 0 spiro atoms. The van der Waals surface area contributed by atoms with Crippen molar-refractivity contribution in [3.63, 3.8) is 0 Å². The maximum Gasteiger partial charge on any atom is 0.343 e. The molecule has 25 heavy (non-hydrogen) atoms. The molecular formula is C17H21N3O5. The number of rotatable bonds is 5. The highest BCUT2D eigenvalue weighted by molar-refractivity contribution is 5.99. The number of ether oxygens (including phenoxy) is 1. The molecule has 0 amide bonds. The van der Waals surface area contributed by atoms with E-state index in [2.05, 4.69) is 5.16 Å². The van der Waals surface area contributed by atoms with Crippen molar-refractivity contribution in [2.75, 3.05) is 45.3 Å². The van der Waals surface area contributed by atoms with Crippen LogP contribution in [0.1, 0.15) is 10.4 Å². The van der Waals surface area contributed by atoms with Gasteiger partial charge in [0.25, 0.3) is 0 Å². The Morgan fingerprint density at radius 1 is 1.36 bits per heavy atom. The summed E-state index contributed by atoms with van der Waals surface area (Å²) in [7, 11) is 3.50. The Kier molecular flexibility index (Phi) is 4.91. The molecule has 2 N–H and O–H groups in total. The molecule has 2 aromatic rings. The minimum absolute atomic E-state index is 0.00140. The number of aromatic nitrogens is 1. The maximum absolute atomic E-state index is 11.8. The Balaban J connectivity index is 1.96. The molecule has 1 aliphatic rings. The lowest BCUT2D eigenvalue weighted by molar-refractivity contribution is 0.0697. The topological polar surface area (TPSA) is 99.3 Å². The Bertz CT molecular complexity index is 743. The minimum atomic E-state index is -1.10. The number of methoxy groups -OCH3 is 1. The molecule has 2 heterocycles. The number of aliphatic hydroxyl groups is 1. The van der Waals surface area contributed by atoms with Crippen molar-refractivity contribution >= 4 is 11.8 Å². The van der Waals surface area contributed by atoms with Crippen LogP contribution in [0.15, 0.2) is 28.8 Å². The lowest BCUT2D eigenvalue weighted by Crippen LogP contribution is -2.53. The Morgan fingerprint density at radius 2 is 2.08 bits per heavy atom. The zero-order chi connectivity index (χ0) is 18.0. The molecule has 0 saturated carbocycles. The van der Waals surface area contributed by atoms with E-state index in [1.807, 2.05) is 16.8 Å². The molecular weight excluding hydrogens is 326 g/mol. The Morgan fingerprint density at radius 3 is 2.68 bits per heavy atom.